The molecule has 1 atom stereocenters. The molecule has 0 radical (unpaired) electrons. The molecule has 0 aromatic heterocycles. The molecule has 1 unspecified atom stereocenters. The van der Waals surface area contributed by atoms with Gasteiger partial charge in [-0.25, -0.2) is 4.39 Å². The highest BCUT2D eigenvalue weighted by Crippen LogP contribution is 2.19. The van der Waals surface area contributed by atoms with Crippen LogP contribution in [0, 0.1) is 12.7 Å². The first-order valence-electron chi connectivity index (χ1n) is 8.64. The van der Waals surface area contributed by atoms with E-state index in [4.69, 9.17) is 0 Å². The molecule has 140 valence electrons. The molecule has 2 rings (SSSR count). The summed E-state index contributed by atoms with van der Waals surface area (Å²) in [6.07, 6.45) is -0.521. The number of nitrogens with zero attached hydrogens (tertiary/aromatic N) is 1. The zero-order valence-electron chi connectivity index (χ0n) is 15.1. The monoisotopic (exact) mass is 360 g/mol. The van der Waals surface area contributed by atoms with Crippen LogP contribution in [0.1, 0.15) is 30.6 Å². The number of aromatic hydroxyl groups is 1. The van der Waals surface area contributed by atoms with Crippen LogP contribution in [0.25, 0.3) is 0 Å². The van der Waals surface area contributed by atoms with Gasteiger partial charge in [-0.05, 0) is 48.9 Å². The number of phenols is 1. The standard InChI is InChI=1S/C20H25FN2O3/c1-3-23(13-19(25)15-5-4-6-17(24)11-15)10-9-20(26)22-16-8-7-14(2)18(21)12-16/h4-8,11-12,19,24-25H,3,9-10,13H2,1-2H3,(H,22,26). The molecule has 0 aliphatic heterocycles. The van der Waals surface area contributed by atoms with E-state index in [9.17, 15) is 19.4 Å². The van der Waals surface area contributed by atoms with E-state index in [1.165, 1.54) is 12.1 Å². The minimum atomic E-state index is -0.753. The number of likely N-dealkylation sites (N-methyl/N-ethyl adjacent to an activating group) is 1. The molecule has 0 spiro atoms. The molecule has 2 aromatic carbocycles. The molecule has 2 aromatic rings. The van der Waals surface area contributed by atoms with Gasteiger partial charge in [0, 0.05) is 25.2 Å². The number of rotatable bonds is 8. The van der Waals surface area contributed by atoms with Gasteiger partial charge in [0.2, 0.25) is 5.91 Å². The van der Waals surface area contributed by atoms with Crippen molar-refractivity contribution >= 4 is 11.6 Å². The molecule has 6 heteroatoms. The number of carbonyl (C=O) groups excluding carboxylic acids is 1. The summed E-state index contributed by atoms with van der Waals surface area (Å²) >= 11 is 0. The fraction of sp³-hybridized carbons (Fsp3) is 0.350. The number of aliphatic hydroxyl groups excluding tert-OH is 1. The lowest BCUT2D eigenvalue weighted by Crippen LogP contribution is -2.31. The first-order chi connectivity index (χ1) is 12.4. The van der Waals surface area contributed by atoms with Gasteiger partial charge in [-0.3, -0.25) is 4.79 Å². The largest absolute Gasteiger partial charge is 0.508 e. The average molecular weight is 360 g/mol. The van der Waals surface area contributed by atoms with Crippen LogP contribution in [-0.2, 0) is 4.79 Å². The minimum absolute atomic E-state index is 0.106. The Morgan fingerprint density at radius 2 is 2.04 bits per heavy atom. The fourth-order valence-corrected chi connectivity index (χ4v) is 2.61. The quantitative estimate of drug-likeness (QED) is 0.676. The first kappa shape index (κ1) is 19.9. The van der Waals surface area contributed by atoms with E-state index >= 15 is 0 Å². The van der Waals surface area contributed by atoms with Crippen LogP contribution in [-0.4, -0.2) is 40.7 Å². The normalized spacial score (nSPS) is 12.2. The topological polar surface area (TPSA) is 72.8 Å². The molecule has 0 heterocycles. The lowest BCUT2D eigenvalue weighted by atomic mass is 10.1. The second-order valence-corrected chi connectivity index (χ2v) is 6.27. The molecule has 3 N–H and O–H groups in total. The van der Waals surface area contributed by atoms with Crippen molar-refractivity contribution in [2.45, 2.75) is 26.4 Å². The van der Waals surface area contributed by atoms with Gasteiger partial charge in [0.15, 0.2) is 0 Å². The number of anilines is 1. The van der Waals surface area contributed by atoms with Crippen molar-refractivity contribution in [3.63, 3.8) is 0 Å². The predicted octanol–water partition coefficient (Wildman–Crippen LogP) is 3.22. The van der Waals surface area contributed by atoms with Crippen LogP contribution in [0.15, 0.2) is 42.5 Å². The minimum Gasteiger partial charge on any atom is -0.508 e. The molecule has 0 bridgehead atoms. The number of benzene rings is 2. The number of halogens is 1. The SMILES string of the molecule is CCN(CCC(=O)Nc1ccc(C)c(F)c1)CC(O)c1cccc(O)c1. The Balaban J connectivity index is 1.85. The van der Waals surface area contributed by atoms with Gasteiger partial charge < -0.3 is 20.4 Å². The summed E-state index contributed by atoms with van der Waals surface area (Å²) in [4.78, 5) is 14.0. The van der Waals surface area contributed by atoms with E-state index in [0.29, 0.717) is 36.4 Å². The Hall–Kier alpha value is -2.44. The molecule has 1 amide bonds. The van der Waals surface area contributed by atoms with Crippen molar-refractivity contribution in [1.29, 1.82) is 0 Å². The van der Waals surface area contributed by atoms with Crippen LogP contribution in [0.5, 0.6) is 5.75 Å². The van der Waals surface area contributed by atoms with Gasteiger partial charge in [0.05, 0.1) is 6.10 Å². The Kier molecular flexibility index (Phi) is 7.12. The molecular formula is C20H25FN2O3. The van der Waals surface area contributed by atoms with E-state index in [2.05, 4.69) is 5.32 Å². The molecule has 0 fully saturated rings. The highest BCUT2D eigenvalue weighted by molar-refractivity contribution is 5.90. The third-order valence-electron chi connectivity index (χ3n) is 4.24. The molecule has 0 saturated carbocycles. The lowest BCUT2D eigenvalue weighted by molar-refractivity contribution is -0.116. The van der Waals surface area contributed by atoms with Crippen molar-refractivity contribution in [2.24, 2.45) is 0 Å². The number of phenolic OH excluding ortho intramolecular Hbond substituents is 1. The summed E-state index contributed by atoms with van der Waals surface area (Å²) in [5.41, 5.74) is 1.59. The van der Waals surface area contributed by atoms with Gasteiger partial charge in [0.25, 0.3) is 0 Å². The third-order valence-corrected chi connectivity index (χ3v) is 4.24. The van der Waals surface area contributed by atoms with E-state index in [1.54, 1.807) is 37.3 Å². The Bertz CT molecular complexity index is 752. The maximum Gasteiger partial charge on any atom is 0.225 e. The van der Waals surface area contributed by atoms with Crippen LogP contribution >= 0.6 is 0 Å². The van der Waals surface area contributed by atoms with E-state index < -0.39 is 6.10 Å². The van der Waals surface area contributed by atoms with Crippen molar-refractivity contribution in [3.05, 3.63) is 59.4 Å². The number of carbonyl (C=O) groups is 1. The third kappa shape index (κ3) is 5.82. The van der Waals surface area contributed by atoms with Gasteiger partial charge in [-0.15, -0.1) is 0 Å². The van der Waals surface area contributed by atoms with Gasteiger partial charge >= 0.3 is 0 Å². The molecule has 0 saturated heterocycles. The molecule has 0 aliphatic carbocycles. The summed E-state index contributed by atoms with van der Waals surface area (Å²) in [6.45, 7) is 5.10. The van der Waals surface area contributed by atoms with Gasteiger partial charge in [-0.1, -0.05) is 25.1 Å². The second kappa shape index (κ2) is 9.31. The van der Waals surface area contributed by atoms with Gasteiger partial charge in [0.1, 0.15) is 11.6 Å². The van der Waals surface area contributed by atoms with Gasteiger partial charge in [-0.2, -0.15) is 0 Å². The van der Waals surface area contributed by atoms with E-state index in [1.807, 2.05) is 11.8 Å². The maximum absolute atomic E-state index is 13.5. The lowest BCUT2D eigenvalue weighted by Gasteiger charge is -2.23. The highest BCUT2D eigenvalue weighted by atomic mass is 19.1. The Morgan fingerprint density at radius 3 is 2.69 bits per heavy atom. The molecule has 5 nitrogen and oxygen atoms in total. The predicted molar refractivity (Wildman–Crippen MR) is 99.6 cm³/mol. The van der Waals surface area contributed by atoms with Crippen LogP contribution in [0.3, 0.4) is 0 Å². The number of hydrogen-bond donors (Lipinski definition) is 3. The first-order valence-corrected chi connectivity index (χ1v) is 8.64. The molecule has 26 heavy (non-hydrogen) atoms. The smallest absolute Gasteiger partial charge is 0.225 e. The maximum atomic E-state index is 13.5. The average Bonchev–Trinajstić information content (AvgIpc) is 2.61. The van der Waals surface area contributed by atoms with Crippen LogP contribution < -0.4 is 5.32 Å². The van der Waals surface area contributed by atoms with Crippen molar-refractivity contribution < 1.29 is 19.4 Å². The summed E-state index contributed by atoms with van der Waals surface area (Å²) in [7, 11) is 0. The summed E-state index contributed by atoms with van der Waals surface area (Å²) in [5, 5.41) is 22.5. The Labute approximate surface area is 153 Å². The number of aliphatic hydroxyl groups is 1. The van der Waals surface area contributed by atoms with Crippen molar-refractivity contribution in [3.8, 4) is 5.75 Å². The van der Waals surface area contributed by atoms with Crippen molar-refractivity contribution in [2.75, 3.05) is 25.0 Å². The highest BCUT2D eigenvalue weighted by Gasteiger charge is 2.14. The summed E-state index contributed by atoms with van der Waals surface area (Å²) < 4.78 is 13.5. The summed E-state index contributed by atoms with van der Waals surface area (Å²) in [5.74, 6) is -0.458. The van der Waals surface area contributed by atoms with Crippen LogP contribution in [0.4, 0.5) is 10.1 Å². The molecule has 0 aliphatic rings. The van der Waals surface area contributed by atoms with E-state index in [-0.39, 0.29) is 23.9 Å². The van der Waals surface area contributed by atoms with Crippen molar-refractivity contribution in [1.82, 2.24) is 4.90 Å². The zero-order valence-corrected chi connectivity index (χ0v) is 15.1. The van der Waals surface area contributed by atoms with Crippen LogP contribution in [0.2, 0.25) is 0 Å². The fourth-order valence-electron chi connectivity index (χ4n) is 2.61. The Morgan fingerprint density at radius 1 is 1.27 bits per heavy atom. The summed E-state index contributed by atoms with van der Waals surface area (Å²) in [6, 6.07) is 11.1. The molecular weight excluding hydrogens is 335 g/mol. The number of aryl methyl sites for hydroxylation is 1. The number of hydrogen-bond acceptors (Lipinski definition) is 4. The number of nitrogens with one attached hydrogen (secondary N) is 1. The van der Waals surface area contributed by atoms with E-state index in [0.717, 1.165) is 0 Å². The zero-order chi connectivity index (χ0) is 19.1. The second-order valence-electron chi connectivity index (χ2n) is 6.27. The number of amides is 1.